The number of carbonyl (C=O) groups excluding carboxylic acids is 1. The topological polar surface area (TPSA) is 50.4 Å². The van der Waals surface area contributed by atoms with Crippen LogP contribution < -0.4 is 10.6 Å². The lowest BCUT2D eigenvalue weighted by molar-refractivity contribution is 0.0497. The van der Waals surface area contributed by atoms with Crippen LogP contribution in [0.2, 0.25) is 0 Å². The number of ether oxygens (including phenoxy) is 1. The smallest absolute Gasteiger partial charge is 0.407 e. The van der Waals surface area contributed by atoms with Gasteiger partial charge in [-0.15, -0.1) is 12.4 Å². The second kappa shape index (κ2) is 4.80. The molecule has 0 aromatic rings. The molecule has 0 spiro atoms. The normalized spacial score (nSPS) is 32.1. The number of amides is 1. The Morgan fingerprint density at radius 2 is 2.06 bits per heavy atom. The van der Waals surface area contributed by atoms with E-state index >= 15 is 0 Å². The Balaban J connectivity index is 0.00000128. The molecule has 2 N–H and O–H groups in total. The van der Waals surface area contributed by atoms with Crippen LogP contribution in [0.15, 0.2) is 0 Å². The van der Waals surface area contributed by atoms with Gasteiger partial charge in [-0.05, 0) is 40.0 Å². The molecule has 0 saturated carbocycles. The molecule has 2 aliphatic heterocycles. The first kappa shape index (κ1) is 13.6. The molecule has 1 amide bonds. The van der Waals surface area contributed by atoms with Crippen molar-refractivity contribution in [3.63, 3.8) is 0 Å². The Labute approximate surface area is 103 Å². The van der Waals surface area contributed by atoms with Crippen LogP contribution in [0.1, 0.15) is 40.0 Å². The van der Waals surface area contributed by atoms with Gasteiger partial charge in [-0.3, -0.25) is 0 Å². The maximum absolute atomic E-state index is 11.5. The monoisotopic (exact) mass is 248 g/mol. The first-order valence-electron chi connectivity index (χ1n) is 5.69. The van der Waals surface area contributed by atoms with Crippen molar-refractivity contribution in [2.45, 2.75) is 63.8 Å². The average Bonchev–Trinajstić information content (AvgIpc) is 2.60. The molecule has 0 aliphatic carbocycles. The minimum Gasteiger partial charge on any atom is -0.444 e. The lowest BCUT2D eigenvalue weighted by atomic mass is 9.96. The molecule has 2 heterocycles. The van der Waals surface area contributed by atoms with Crippen LogP contribution >= 0.6 is 12.4 Å². The van der Waals surface area contributed by atoms with Gasteiger partial charge >= 0.3 is 6.09 Å². The van der Waals surface area contributed by atoms with E-state index in [9.17, 15) is 4.79 Å². The van der Waals surface area contributed by atoms with Gasteiger partial charge in [-0.1, -0.05) is 0 Å². The zero-order valence-electron chi connectivity index (χ0n) is 10.1. The van der Waals surface area contributed by atoms with E-state index < -0.39 is 5.60 Å². The van der Waals surface area contributed by atoms with Crippen molar-refractivity contribution >= 4 is 18.5 Å². The molecule has 2 saturated heterocycles. The van der Waals surface area contributed by atoms with E-state index in [-0.39, 0.29) is 24.5 Å². The summed E-state index contributed by atoms with van der Waals surface area (Å²) in [7, 11) is 0. The quantitative estimate of drug-likeness (QED) is 0.744. The number of fused-ring (bicyclic) bond motifs is 2. The van der Waals surface area contributed by atoms with Gasteiger partial charge in [0.15, 0.2) is 0 Å². The van der Waals surface area contributed by atoms with Gasteiger partial charge in [-0.25, -0.2) is 4.79 Å². The van der Waals surface area contributed by atoms with Crippen molar-refractivity contribution in [1.29, 1.82) is 0 Å². The largest absolute Gasteiger partial charge is 0.444 e. The number of alkyl carbamates (subject to hydrolysis) is 1. The summed E-state index contributed by atoms with van der Waals surface area (Å²) >= 11 is 0. The summed E-state index contributed by atoms with van der Waals surface area (Å²) in [5.41, 5.74) is -0.408. The fourth-order valence-electron chi connectivity index (χ4n) is 2.44. The highest BCUT2D eigenvalue weighted by atomic mass is 35.5. The summed E-state index contributed by atoms with van der Waals surface area (Å²) in [5, 5.41) is 6.42. The third-order valence-electron chi connectivity index (χ3n) is 3.00. The molecule has 2 bridgehead atoms. The highest BCUT2D eigenvalue weighted by Gasteiger charge is 2.40. The van der Waals surface area contributed by atoms with E-state index in [2.05, 4.69) is 10.6 Å². The van der Waals surface area contributed by atoms with Crippen molar-refractivity contribution in [3.05, 3.63) is 0 Å². The lowest BCUT2D eigenvalue weighted by Crippen LogP contribution is -2.45. The molecule has 0 aromatic carbocycles. The van der Waals surface area contributed by atoms with Crippen molar-refractivity contribution in [3.8, 4) is 0 Å². The summed E-state index contributed by atoms with van der Waals surface area (Å²) in [6, 6.07) is 1.33. The van der Waals surface area contributed by atoms with Crippen molar-refractivity contribution in [1.82, 2.24) is 10.6 Å². The number of hydrogen-bond acceptors (Lipinski definition) is 3. The minimum atomic E-state index is -0.408. The summed E-state index contributed by atoms with van der Waals surface area (Å²) in [6.07, 6.45) is 3.17. The zero-order chi connectivity index (χ0) is 11.1. The molecule has 94 valence electrons. The van der Waals surface area contributed by atoms with Crippen LogP contribution in [0.3, 0.4) is 0 Å². The molecular weight excluding hydrogens is 228 g/mol. The SMILES string of the molecule is CC(C)(C)OC(=O)N[C@@H]1C[C@@H]2CC[C@H]1N2.Cl. The van der Waals surface area contributed by atoms with E-state index in [0.717, 1.165) is 6.42 Å². The fourth-order valence-corrected chi connectivity index (χ4v) is 2.44. The first-order valence-corrected chi connectivity index (χ1v) is 5.69. The standard InChI is InChI=1S/C11H20N2O2.ClH/c1-11(2,3)15-10(14)13-9-6-7-4-5-8(9)12-7;/h7-9,12H,4-6H2,1-3H3,(H,13,14);1H/t7-,8+,9+;/m0./s1. The van der Waals surface area contributed by atoms with Gasteiger partial charge in [0, 0.05) is 18.1 Å². The number of halogens is 1. The Hall–Kier alpha value is -0.480. The third kappa shape index (κ3) is 3.25. The summed E-state index contributed by atoms with van der Waals surface area (Å²) in [4.78, 5) is 11.5. The van der Waals surface area contributed by atoms with Crippen LogP contribution in [0.4, 0.5) is 4.79 Å². The fraction of sp³-hybridized carbons (Fsp3) is 0.909. The Bertz CT molecular complexity index is 265. The van der Waals surface area contributed by atoms with E-state index in [0.29, 0.717) is 12.1 Å². The van der Waals surface area contributed by atoms with Crippen LogP contribution in [0.5, 0.6) is 0 Å². The summed E-state index contributed by atoms with van der Waals surface area (Å²) < 4.78 is 5.23. The maximum atomic E-state index is 11.5. The lowest BCUT2D eigenvalue weighted by Gasteiger charge is -2.25. The van der Waals surface area contributed by atoms with Crippen molar-refractivity contribution < 1.29 is 9.53 Å². The van der Waals surface area contributed by atoms with E-state index in [1.165, 1.54) is 12.8 Å². The summed E-state index contributed by atoms with van der Waals surface area (Å²) in [6.45, 7) is 5.64. The number of hydrogen-bond donors (Lipinski definition) is 2. The molecule has 4 nitrogen and oxygen atoms in total. The Morgan fingerprint density at radius 1 is 1.38 bits per heavy atom. The number of nitrogens with one attached hydrogen (secondary N) is 2. The molecule has 0 aromatic heterocycles. The molecule has 3 atom stereocenters. The molecule has 0 unspecified atom stereocenters. The Kier molecular flexibility index (Phi) is 4.07. The second-order valence-electron chi connectivity index (χ2n) is 5.54. The predicted octanol–water partition coefficient (Wildman–Crippen LogP) is 1.83. The molecule has 5 heteroatoms. The molecule has 0 radical (unpaired) electrons. The maximum Gasteiger partial charge on any atom is 0.407 e. The van der Waals surface area contributed by atoms with E-state index in [1.54, 1.807) is 0 Å². The van der Waals surface area contributed by atoms with Gasteiger partial charge in [0.25, 0.3) is 0 Å². The second-order valence-corrected chi connectivity index (χ2v) is 5.54. The molecular formula is C11H21ClN2O2. The summed E-state index contributed by atoms with van der Waals surface area (Å²) in [5.74, 6) is 0. The highest BCUT2D eigenvalue weighted by Crippen LogP contribution is 2.28. The molecule has 16 heavy (non-hydrogen) atoms. The molecule has 2 fully saturated rings. The van der Waals surface area contributed by atoms with Crippen molar-refractivity contribution in [2.75, 3.05) is 0 Å². The van der Waals surface area contributed by atoms with Gasteiger partial charge in [0.05, 0.1) is 0 Å². The number of carbonyl (C=O) groups is 1. The van der Waals surface area contributed by atoms with Crippen LogP contribution in [0, 0.1) is 0 Å². The van der Waals surface area contributed by atoms with Crippen LogP contribution in [-0.2, 0) is 4.74 Å². The Morgan fingerprint density at radius 3 is 2.50 bits per heavy atom. The average molecular weight is 249 g/mol. The minimum absolute atomic E-state index is 0. The van der Waals surface area contributed by atoms with Crippen LogP contribution in [-0.4, -0.2) is 29.8 Å². The third-order valence-corrected chi connectivity index (χ3v) is 3.00. The number of rotatable bonds is 1. The highest BCUT2D eigenvalue weighted by molar-refractivity contribution is 5.85. The molecule has 2 rings (SSSR count). The van der Waals surface area contributed by atoms with Gasteiger partial charge in [0.1, 0.15) is 5.60 Å². The van der Waals surface area contributed by atoms with Crippen molar-refractivity contribution in [2.24, 2.45) is 0 Å². The van der Waals surface area contributed by atoms with Gasteiger partial charge in [0.2, 0.25) is 0 Å². The van der Waals surface area contributed by atoms with E-state index in [1.807, 2.05) is 20.8 Å². The van der Waals surface area contributed by atoms with Gasteiger partial charge < -0.3 is 15.4 Å². The predicted molar refractivity (Wildman–Crippen MR) is 65.0 cm³/mol. The zero-order valence-corrected chi connectivity index (χ0v) is 10.9. The van der Waals surface area contributed by atoms with E-state index in [4.69, 9.17) is 4.74 Å². The first-order chi connectivity index (χ1) is 6.94. The van der Waals surface area contributed by atoms with Gasteiger partial charge in [-0.2, -0.15) is 0 Å². The van der Waals surface area contributed by atoms with Crippen LogP contribution in [0.25, 0.3) is 0 Å². The molecule has 2 aliphatic rings.